The van der Waals surface area contributed by atoms with Crippen LogP contribution in [0.5, 0.6) is 0 Å². The first-order valence-electron chi connectivity index (χ1n) is 6.85. The van der Waals surface area contributed by atoms with E-state index < -0.39 is 26.7 Å². The molecule has 0 unspecified atom stereocenters. The Kier molecular flexibility index (Phi) is 7.74. The molecule has 0 fully saturated rings. The summed E-state index contributed by atoms with van der Waals surface area (Å²) in [5.74, 6) is 0. The first-order valence-corrected chi connectivity index (χ1v) is 10.1. The third-order valence-corrected chi connectivity index (χ3v) is 7.49. The number of nitrogens with one attached hydrogen (secondary N) is 1. The molecule has 0 heterocycles. The quantitative estimate of drug-likeness (QED) is 0.256. The number of unbranched alkanes of at least 4 members (excludes halogenated alkanes) is 2. The molecule has 21 heavy (non-hydrogen) atoms. The summed E-state index contributed by atoms with van der Waals surface area (Å²) in [6.45, 7) is 6.83. The van der Waals surface area contributed by atoms with Crippen molar-refractivity contribution < 1.29 is 33.8 Å². The van der Waals surface area contributed by atoms with E-state index in [1.165, 1.54) is 0 Å². The van der Waals surface area contributed by atoms with Crippen LogP contribution in [0.1, 0.15) is 52.9 Å². The van der Waals surface area contributed by atoms with Crippen molar-refractivity contribution in [3.05, 3.63) is 0 Å². The molecule has 0 aromatic heterocycles. The highest BCUT2D eigenvalue weighted by atomic mass is 31.2. The maximum atomic E-state index is 11.1. The lowest BCUT2D eigenvalue weighted by atomic mass is 10.0. The van der Waals surface area contributed by atoms with E-state index in [2.05, 4.69) is 5.32 Å². The van der Waals surface area contributed by atoms with Gasteiger partial charge in [0.15, 0.2) is 0 Å². The van der Waals surface area contributed by atoms with Gasteiger partial charge in [-0.1, -0.05) is 13.3 Å². The Bertz CT molecular complexity index is 393. The van der Waals surface area contributed by atoms with Crippen LogP contribution in [0.3, 0.4) is 0 Å². The molecule has 8 nitrogen and oxygen atoms in total. The number of aliphatic hydroxyl groups is 1. The molecule has 0 rings (SSSR count). The average molecular weight is 347 g/mol. The maximum Gasteiger partial charge on any atom is 0.369 e. The normalized spacial score (nSPS) is 14.5. The van der Waals surface area contributed by atoms with Gasteiger partial charge in [0.05, 0.1) is 0 Å². The zero-order chi connectivity index (χ0) is 16.9. The van der Waals surface area contributed by atoms with Crippen molar-refractivity contribution in [1.29, 1.82) is 0 Å². The summed E-state index contributed by atoms with van der Waals surface area (Å²) in [6, 6.07) is 0. The Morgan fingerprint density at radius 1 is 0.952 bits per heavy atom. The van der Waals surface area contributed by atoms with Crippen LogP contribution in [0.15, 0.2) is 0 Å². The van der Waals surface area contributed by atoms with Gasteiger partial charge in [-0.05, 0) is 46.1 Å². The highest BCUT2D eigenvalue weighted by Gasteiger charge is 2.58. The smallest absolute Gasteiger partial charge is 0.368 e. The van der Waals surface area contributed by atoms with Gasteiger partial charge in [0.25, 0.3) is 5.08 Å². The Hall–Kier alpha value is 0.220. The zero-order valence-corrected chi connectivity index (χ0v) is 14.5. The van der Waals surface area contributed by atoms with Crippen molar-refractivity contribution in [1.82, 2.24) is 5.32 Å². The largest absolute Gasteiger partial charge is 0.369 e. The van der Waals surface area contributed by atoms with E-state index in [0.717, 1.165) is 6.42 Å². The summed E-state index contributed by atoms with van der Waals surface area (Å²) in [5, 5.41) is 9.68. The first kappa shape index (κ1) is 21.2. The van der Waals surface area contributed by atoms with Gasteiger partial charge in [0, 0.05) is 5.54 Å². The van der Waals surface area contributed by atoms with Crippen molar-refractivity contribution in [2.75, 3.05) is 6.54 Å². The Balaban J connectivity index is 4.32. The molecule has 128 valence electrons. The third kappa shape index (κ3) is 6.47. The molecule has 0 aliphatic rings. The lowest BCUT2D eigenvalue weighted by Gasteiger charge is -2.29. The van der Waals surface area contributed by atoms with Crippen LogP contribution in [-0.2, 0) is 9.13 Å². The molecule has 10 heteroatoms. The van der Waals surface area contributed by atoms with Crippen LogP contribution in [0, 0.1) is 0 Å². The predicted octanol–water partition coefficient (Wildman–Crippen LogP) is 1.33. The molecular weight excluding hydrogens is 320 g/mol. The fourth-order valence-electron chi connectivity index (χ4n) is 1.68. The Morgan fingerprint density at radius 2 is 1.43 bits per heavy atom. The van der Waals surface area contributed by atoms with E-state index >= 15 is 0 Å². The second-order valence-corrected chi connectivity index (χ2v) is 9.85. The fourth-order valence-corrected chi connectivity index (χ4v) is 3.93. The fraction of sp³-hybridized carbons (Fsp3) is 1.00. The van der Waals surface area contributed by atoms with E-state index in [0.29, 0.717) is 19.4 Å². The summed E-state index contributed by atoms with van der Waals surface area (Å²) in [4.78, 5) is 35.9. The first-order chi connectivity index (χ1) is 9.27. The molecular formula is C11H27NO7P2. The molecule has 0 saturated heterocycles. The second kappa shape index (κ2) is 7.66. The Labute approximate surface area is 125 Å². The van der Waals surface area contributed by atoms with Crippen LogP contribution in [0.2, 0.25) is 0 Å². The minimum Gasteiger partial charge on any atom is -0.368 e. The van der Waals surface area contributed by atoms with E-state index in [1.54, 1.807) is 0 Å². The Morgan fingerprint density at radius 3 is 1.81 bits per heavy atom. The number of hydrogen-bond donors (Lipinski definition) is 6. The summed E-state index contributed by atoms with van der Waals surface area (Å²) < 4.78 is 22.3. The van der Waals surface area contributed by atoms with E-state index in [9.17, 15) is 14.2 Å². The minimum atomic E-state index is -5.32. The molecule has 0 spiro atoms. The van der Waals surface area contributed by atoms with Crippen LogP contribution in [0.25, 0.3) is 0 Å². The van der Waals surface area contributed by atoms with Crippen LogP contribution < -0.4 is 5.32 Å². The summed E-state index contributed by atoms with van der Waals surface area (Å²) >= 11 is 0. The predicted molar refractivity (Wildman–Crippen MR) is 79.9 cm³/mol. The molecule has 0 radical (unpaired) electrons. The van der Waals surface area contributed by atoms with Gasteiger partial charge in [0.2, 0.25) is 0 Å². The van der Waals surface area contributed by atoms with Gasteiger partial charge in [-0.3, -0.25) is 9.13 Å². The van der Waals surface area contributed by atoms with Crippen molar-refractivity contribution in [3.63, 3.8) is 0 Å². The van der Waals surface area contributed by atoms with Gasteiger partial charge in [-0.25, -0.2) is 0 Å². The standard InChI is InChI=1S/C11H27NO7P2/c1-4-10(2,3)12-9-7-5-6-8-11(13,20(14,15)16)21(17,18)19/h12-13H,4-9H2,1-3H3,(H2,14,15,16)(H2,17,18,19). The van der Waals surface area contributed by atoms with Crippen LogP contribution in [0.4, 0.5) is 0 Å². The molecule has 0 aromatic rings. The van der Waals surface area contributed by atoms with Crippen molar-refractivity contribution in [2.24, 2.45) is 0 Å². The van der Waals surface area contributed by atoms with Crippen molar-refractivity contribution in [2.45, 2.75) is 63.5 Å². The molecule has 0 aliphatic heterocycles. The van der Waals surface area contributed by atoms with E-state index in [1.807, 2.05) is 20.8 Å². The van der Waals surface area contributed by atoms with Crippen LogP contribution in [-0.4, -0.2) is 41.8 Å². The lowest BCUT2D eigenvalue weighted by molar-refractivity contribution is 0.120. The van der Waals surface area contributed by atoms with Gasteiger partial charge >= 0.3 is 15.2 Å². The molecule has 0 atom stereocenters. The molecule has 0 saturated carbocycles. The monoisotopic (exact) mass is 347 g/mol. The highest BCUT2D eigenvalue weighted by Crippen LogP contribution is 2.69. The van der Waals surface area contributed by atoms with Crippen molar-refractivity contribution in [3.8, 4) is 0 Å². The lowest BCUT2D eigenvalue weighted by Crippen LogP contribution is -2.39. The molecule has 0 aromatic carbocycles. The average Bonchev–Trinajstić information content (AvgIpc) is 2.30. The SMILES string of the molecule is CCC(C)(C)NCCCCCC(O)(P(=O)(O)O)P(=O)(O)O. The second-order valence-electron chi connectivity index (χ2n) is 5.84. The summed E-state index contributed by atoms with van der Waals surface area (Å²) in [5.41, 5.74) is -0.00145. The zero-order valence-electron chi connectivity index (χ0n) is 12.7. The van der Waals surface area contributed by atoms with Gasteiger partial charge in [0.1, 0.15) is 0 Å². The van der Waals surface area contributed by atoms with Gasteiger partial charge in [-0.15, -0.1) is 0 Å². The summed E-state index contributed by atoms with van der Waals surface area (Å²) in [7, 11) is -10.6. The number of hydrogen-bond acceptors (Lipinski definition) is 4. The van der Waals surface area contributed by atoms with Crippen LogP contribution >= 0.6 is 15.2 Å². The maximum absolute atomic E-state index is 11.1. The third-order valence-electron chi connectivity index (χ3n) is 3.61. The minimum absolute atomic E-state index is 0.00145. The molecule has 0 amide bonds. The molecule has 0 aliphatic carbocycles. The van der Waals surface area contributed by atoms with E-state index in [4.69, 9.17) is 19.6 Å². The van der Waals surface area contributed by atoms with Gasteiger partial charge in [-0.2, -0.15) is 0 Å². The number of rotatable bonds is 10. The highest BCUT2D eigenvalue weighted by molar-refractivity contribution is 7.72. The van der Waals surface area contributed by atoms with Gasteiger partial charge < -0.3 is 30.0 Å². The summed E-state index contributed by atoms with van der Waals surface area (Å²) in [6.07, 6.45) is 1.60. The topological polar surface area (TPSA) is 147 Å². The van der Waals surface area contributed by atoms with Crippen molar-refractivity contribution >= 4 is 15.2 Å². The van der Waals surface area contributed by atoms with E-state index in [-0.39, 0.29) is 12.0 Å². The molecule has 0 bridgehead atoms. The molecule has 6 N–H and O–H groups in total.